The number of likely N-dealkylation sites (N-methyl/N-ethyl adjacent to an activating group) is 1. The number of aromatic nitrogens is 2. The number of H-pyrrole nitrogens is 1. The molecular weight excluding hydrogens is 446 g/mol. The molecule has 176 valence electrons. The Balaban J connectivity index is 1.28. The van der Waals surface area contributed by atoms with Crippen LogP contribution in [0.4, 0.5) is 0 Å². The fourth-order valence-electron chi connectivity index (χ4n) is 4.54. The Bertz CT molecular complexity index is 1240. The number of nitrogens with one attached hydrogen (secondary N) is 2. The lowest BCUT2D eigenvalue weighted by Crippen LogP contribution is -2.43. The van der Waals surface area contributed by atoms with Crippen LogP contribution in [0, 0.1) is 11.8 Å². The van der Waals surface area contributed by atoms with Crippen LogP contribution in [0.25, 0.3) is 22.5 Å². The van der Waals surface area contributed by atoms with Crippen LogP contribution in [0.1, 0.15) is 21.6 Å². The van der Waals surface area contributed by atoms with Gasteiger partial charge >= 0.3 is 0 Å². The summed E-state index contributed by atoms with van der Waals surface area (Å²) in [7, 11) is 3.69. The number of piperazine rings is 1. The molecule has 0 spiro atoms. The van der Waals surface area contributed by atoms with Crippen LogP contribution in [0.5, 0.6) is 0 Å². The molecular formula is C26H29N5O2S. The Kier molecular flexibility index (Phi) is 6.79. The molecule has 34 heavy (non-hydrogen) atoms. The van der Waals surface area contributed by atoms with Crippen molar-refractivity contribution in [2.45, 2.75) is 13.0 Å². The summed E-state index contributed by atoms with van der Waals surface area (Å²) in [5, 5.41) is 12.8. The lowest BCUT2D eigenvalue weighted by Gasteiger charge is -2.32. The topological polar surface area (TPSA) is 73.5 Å². The van der Waals surface area contributed by atoms with Gasteiger partial charge in [-0.05, 0) is 30.3 Å². The van der Waals surface area contributed by atoms with E-state index in [-0.39, 0.29) is 12.5 Å². The number of rotatable bonds is 6. The first-order valence-corrected chi connectivity index (χ1v) is 12.4. The Hall–Kier alpha value is -2.96. The molecule has 0 saturated carbocycles. The number of benzene rings is 1. The maximum atomic E-state index is 11.4. The van der Waals surface area contributed by atoms with Crippen molar-refractivity contribution in [3.63, 3.8) is 0 Å². The number of nitrogens with zero attached hydrogens (tertiary/aromatic N) is 3. The molecule has 0 radical (unpaired) electrons. The average Bonchev–Trinajstić information content (AvgIpc) is 3.54. The second-order valence-corrected chi connectivity index (χ2v) is 9.80. The van der Waals surface area contributed by atoms with E-state index in [4.69, 9.17) is 4.74 Å². The van der Waals surface area contributed by atoms with Crippen molar-refractivity contribution in [2.75, 3.05) is 53.5 Å². The van der Waals surface area contributed by atoms with Crippen LogP contribution in [0.15, 0.2) is 29.6 Å². The molecule has 1 aliphatic heterocycles. The largest absolute Gasteiger partial charge is 0.375 e. The van der Waals surface area contributed by atoms with Gasteiger partial charge < -0.3 is 15.0 Å². The highest BCUT2D eigenvalue weighted by Gasteiger charge is 2.26. The fraction of sp³-hybridized carbons (Fsp3) is 0.385. The third-order valence-electron chi connectivity index (χ3n) is 6.41. The molecule has 0 unspecified atom stereocenters. The van der Waals surface area contributed by atoms with Gasteiger partial charge in [0.15, 0.2) is 0 Å². The Morgan fingerprint density at radius 2 is 2.12 bits per heavy atom. The van der Waals surface area contributed by atoms with Crippen molar-refractivity contribution in [2.24, 2.45) is 0 Å². The third kappa shape index (κ3) is 4.93. The first kappa shape index (κ1) is 22.8. The minimum Gasteiger partial charge on any atom is -0.375 e. The normalized spacial score (nSPS) is 15.5. The smallest absolute Gasteiger partial charge is 0.246 e. The molecule has 1 fully saturated rings. The van der Waals surface area contributed by atoms with Gasteiger partial charge in [0.05, 0.1) is 22.8 Å². The SMILES string of the molecule is COCC(=O)NCC#Cc1cc(-c2n[nH]c3c2Cc2ccc(CN4CCN(C)CC4)cc2-3)cs1. The van der Waals surface area contributed by atoms with E-state index in [1.165, 1.54) is 29.4 Å². The van der Waals surface area contributed by atoms with Gasteiger partial charge in [-0.3, -0.25) is 14.8 Å². The molecule has 1 aliphatic carbocycles. The standard InChI is InChI=1S/C26H29N5O2S/c1-30-8-10-31(11-9-30)15-18-5-6-19-14-23-25(28-29-26(23)22(19)12-18)20-13-21(34-17-20)4-3-7-27-24(32)16-33-2/h5-6,12-13,17H,7-11,14-16H2,1-2H3,(H,27,32)(H,28,29). The van der Waals surface area contributed by atoms with Crippen LogP contribution < -0.4 is 5.32 Å². The average molecular weight is 476 g/mol. The second-order valence-electron chi connectivity index (χ2n) is 8.88. The summed E-state index contributed by atoms with van der Waals surface area (Å²) in [5.41, 5.74) is 8.49. The number of hydrogen-bond acceptors (Lipinski definition) is 6. The van der Waals surface area contributed by atoms with Crippen LogP contribution in [0.3, 0.4) is 0 Å². The second kappa shape index (κ2) is 10.1. The number of carbonyl (C=O) groups excluding carboxylic acids is 1. The molecule has 2 aromatic heterocycles. The number of amides is 1. The summed E-state index contributed by atoms with van der Waals surface area (Å²) < 4.78 is 4.80. The molecule has 3 heterocycles. The first-order chi connectivity index (χ1) is 16.6. The molecule has 1 aromatic carbocycles. The van der Waals surface area contributed by atoms with E-state index in [2.05, 4.69) is 73.8 Å². The molecule has 8 heteroatoms. The van der Waals surface area contributed by atoms with Gasteiger partial charge in [-0.25, -0.2) is 0 Å². The number of ether oxygens (including phenoxy) is 1. The van der Waals surface area contributed by atoms with Gasteiger partial charge in [0, 0.05) is 68.3 Å². The van der Waals surface area contributed by atoms with E-state index in [0.29, 0.717) is 6.54 Å². The summed E-state index contributed by atoms with van der Waals surface area (Å²) in [6.07, 6.45) is 0.897. The Morgan fingerprint density at radius 1 is 1.26 bits per heavy atom. The zero-order valence-electron chi connectivity index (χ0n) is 19.6. The number of hydrogen-bond donors (Lipinski definition) is 2. The van der Waals surface area contributed by atoms with E-state index in [0.717, 1.165) is 61.0 Å². The minimum atomic E-state index is -0.165. The van der Waals surface area contributed by atoms with Gasteiger partial charge in [-0.1, -0.05) is 24.0 Å². The highest BCUT2D eigenvalue weighted by molar-refractivity contribution is 7.11. The molecule has 2 aliphatic rings. The van der Waals surface area contributed by atoms with Crippen molar-refractivity contribution in [3.8, 4) is 34.4 Å². The summed E-state index contributed by atoms with van der Waals surface area (Å²) in [4.78, 5) is 17.3. The van der Waals surface area contributed by atoms with Crippen molar-refractivity contribution >= 4 is 17.2 Å². The van der Waals surface area contributed by atoms with Crippen LogP contribution in [-0.2, 0) is 22.5 Å². The maximum absolute atomic E-state index is 11.4. The monoisotopic (exact) mass is 475 g/mol. The highest BCUT2D eigenvalue weighted by atomic mass is 32.1. The molecule has 2 N–H and O–H groups in total. The van der Waals surface area contributed by atoms with Gasteiger partial charge in [0.25, 0.3) is 0 Å². The number of methoxy groups -OCH3 is 1. The molecule has 3 aromatic rings. The molecule has 7 nitrogen and oxygen atoms in total. The van der Waals surface area contributed by atoms with Crippen molar-refractivity contribution in [1.82, 2.24) is 25.3 Å². The summed E-state index contributed by atoms with van der Waals surface area (Å²) >= 11 is 1.59. The zero-order valence-corrected chi connectivity index (χ0v) is 20.4. The quantitative estimate of drug-likeness (QED) is 0.420. The van der Waals surface area contributed by atoms with Crippen molar-refractivity contribution in [1.29, 1.82) is 0 Å². The van der Waals surface area contributed by atoms with Crippen LogP contribution in [-0.4, -0.2) is 79.4 Å². The van der Waals surface area contributed by atoms with E-state index in [1.54, 1.807) is 11.3 Å². The molecule has 0 atom stereocenters. The lowest BCUT2D eigenvalue weighted by atomic mass is 10.0. The predicted octanol–water partition coefficient (Wildman–Crippen LogP) is 2.57. The van der Waals surface area contributed by atoms with E-state index >= 15 is 0 Å². The van der Waals surface area contributed by atoms with Crippen molar-refractivity contribution < 1.29 is 9.53 Å². The predicted molar refractivity (Wildman–Crippen MR) is 135 cm³/mol. The summed E-state index contributed by atoms with van der Waals surface area (Å²) in [5.74, 6) is 5.96. The van der Waals surface area contributed by atoms with Gasteiger partial charge in [0.1, 0.15) is 6.61 Å². The minimum absolute atomic E-state index is 0.0504. The zero-order chi connectivity index (χ0) is 23.5. The third-order valence-corrected chi connectivity index (χ3v) is 7.26. The number of thiophene rings is 1. The van der Waals surface area contributed by atoms with Crippen LogP contribution >= 0.6 is 11.3 Å². The van der Waals surface area contributed by atoms with Gasteiger partial charge in [0.2, 0.25) is 5.91 Å². The number of carbonyl (C=O) groups is 1. The first-order valence-electron chi connectivity index (χ1n) is 11.5. The lowest BCUT2D eigenvalue weighted by molar-refractivity contribution is -0.124. The van der Waals surface area contributed by atoms with Crippen molar-refractivity contribution in [3.05, 3.63) is 51.2 Å². The van der Waals surface area contributed by atoms with E-state index in [1.807, 2.05) is 0 Å². The molecule has 5 rings (SSSR count). The highest BCUT2D eigenvalue weighted by Crippen LogP contribution is 2.41. The summed E-state index contributed by atoms with van der Waals surface area (Å²) in [6.45, 7) is 5.86. The maximum Gasteiger partial charge on any atom is 0.246 e. The number of aromatic amines is 1. The number of fused-ring (bicyclic) bond motifs is 3. The van der Waals surface area contributed by atoms with Crippen LogP contribution in [0.2, 0.25) is 0 Å². The molecule has 0 bridgehead atoms. The summed E-state index contributed by atoms with van der Waals surface area (Å²) in [6, 6.07) is 8.97. The fourth-order valence-corrected chi connectivity index (χ4v) is 5.30. The van der Waals surface area contributed by atoms with E-state index < -0.39 is 0 Å². The molecule has 1 amide bonds. The van der Waals surface area contributed by atoms with Gasteiger partial charge in [-0.15, -0.1) is 11.3 Å². The molecule has 1 saturated heterocycles. The van der Waals surface area contributed by atoms with E-state index in [9.17, 15) is 4.79 Å². The Labute approximate surface area is 204 Å². The van der Waals surface area contributed by atoms with Gasteiger partial charge in [-0.2, -0.15) is 5.10 Å². The Morgan fingerprint density at radius 3 is 2.94 bits per heavy atom.